The zero-order valence-corrected chi connectivity index (χ0v) is 23.2. The Morgan fingerprint density at radius 2 is 1.81 bits per heavy atom. The van der Waals surface area contributed by atoms with Crippen LogP contribution in [0.25, 0.3) is 0 Å². The molecule has 208 valence electrons. The first-order chi connectivity index (χ1) is 17.6. The Morgan fingerprint density at radius 3 is 2.54 bits per heavy atom. The summed E-state index contributed by atoms with van der Waals surface area (Å²) in [5, 5.41) is 33.5. The Balaban J connectivity index is 1.09. The highest BCUT2D eigenvalue weighted by Crippen LogP contribution is 2.68. The zero-order chi connectivity index (χ0) is 26.1. The van der Waals surface area contributed by atoms with E-state index in [2.05, 4.69) is 32.9 Å². The third-order valence-electron chi connectivity index (χ3n) is 13.2. The fourth-order valence-corrected chi connectivity index (χ4v) is 11.0. The normalized spacial score (nSPS) is 52.9. The van der Waals surface area contributed by atoms with Crippen LogP contribution in [0.3, 0.4) is 0 Å². The van der Waals surface area contributed by atoms with Gasteiger partial charge in [-0.15, -0.1) is 0 Å². The minimum atomic E-state index is -0.374. The molecule has 3 N–H and O–H groups in total. The average Bonchev–Trinajstić information content (AvgIpc) is 3.58. The van der Waals surface area contributed by atoms with Gasteiger partial charge in [0.25, 0.3) is 0 Å². The number of esters is 1. The lowest BCUT2D eigenvalue weighted by Crippen LogP contribution is -2.62. The molecule has 6 aliphatic rings. The minimum absolute atomic E-state index is 0.0660. The van der Waals surface area contributed by atoms with Crippen LogP contribution in [-0.4, -0.2) is 46.2 Å². The number of aliphatic hydroxyl groups is 3. The van der Waals surface area contributed by atoms with E-state index in [9.17, 15) is 20.1 Å². The van der Waals surface area contributed by atoms with Crippen molar-refractivity contribution in [1.29, 1.82) is 0 Å². The third-order valence-corrected chi connectivity index (χ3v) is 13.2. The van der Waals surface area contributed by atoms with Crippen LogP contribution in [0, 0.1) is 64.1 Å². The van der Waals surface area contributed by atoms with Gasteiger partial charge in [0.15, 0.2) is 0 Å². The maximum absolute atomic E-state index is 12.6. The minimum Gasteiger partial charge on any atom is -0.465 e. The number of hydrogen-bond donors (Lipinski definition) is 3. The maximum atomic E-state index is 12.6. The second-order valence-corrected chi connectivity index (χ2v) is 14.8. The molecule has 14 unspecified atom stereocenters. The van der Waals surface area contributed by atoms with Crippen molar-refractivity contribution in [2.75, 3.05) is 6.61 Å². The number of ether oxygens (including phenoxy) is 1. The predicted molar refractivity (Wildman–Crippen MR) is 142 cm³/mol. The van der Waals surface area contributed by atoms with E-state index >= 15 is 0 Å². The van der Waals surface area contributed by atoms with Crippen LogP contribution in [0.5, 0.6) is 0 Å². The SMILES string of the molecule is CC(CCC(=O)OCC1CC2C=CC1C2)C1CCC2C3C(O)CC4CC(O)CCC4(C)C3CC(O)C12C. The molecule has 5 heteroatoms. The van der Waals surface area contributed by atoms with E-state index in [1.807, 2.05) is 0 Å². The Labute approximate surface area is 223 Å². The van der Waals surface area contributed by atoms with Crippen LogP contribution in [0.15, 0.2) is 12.2 Å². The Morgan fingerprint density at radius 1 is 1.00 bits per heavy atom. The first-order valence-corrected chi connectivity index (χ1v) is 15.5. The summed E-state index contributed by atoms with van der Waals surface area (Å²) in [5.41, 5.74) is -0.105. The van der Waals surface area contributed by atoms with E-state index < -0.39 is 0 Å². The molecule has 2 bridgehead atoms. The van der Waals surface area contributed by atoms with Crippen molar-refractivity contribution in [3.63, 3.8) is 0 Å². The molecule has 5 nitrogen and oxygen atoms in total. The number of fused-ring (bicyclic) bond motifs is 7. The summed E-state index contributed by atoms with van der Waals surface area (Å²) < 4.78 is 5.73. The average molecular weight is 515 g/mol. The number of rotatable bonds is 6. The van der Waals surface area contributed by atoms with E-state index in [0.29, 0.717) is 60.4 Å². The van der Waals surface area contributed by atoms with Gasteiger partial charge in [0.05, 0.1) is 24.9 Å². The van der Waals surface area contributed by atoms with Crippen LogP contribution >= 0.6 is 0 Å². The van der Waals surface area contributed by atoms with Gasteiger partial charge in [-0.3, -0.25) is 4.79 Å². The quantitative estimate of drug-likeness (QED) is 0.338. The lowest BCUT2D eigenvalue weighted by atomic mass is 9.43. The van der Waals surface area contributed by atoms with Gasteiger partial charge < -0.3 is 20.1 Å². The van der Waals surface area contributed by atoms with E-state index in [0.717, 1.165) is 51.4 Å². The van der Waals surface area contributed by atoms with Gasteiger partial charge in [-0.2, -0.15) is 0 Å². The van der Waals surface area contributed by atoms with Gasteiger partial charge in [-0.05, 0) is 128 Å². The van der Waals surface area contributed by atoms with Gasteiger partial charge in [-0.1, -0.05) is 32.9 Å². The van der Waals surface area contributed by atoms with Crippen molar-refractivity contribution in [3.8, 4) is 0 Å². The molecule has 0 aromatic heterocycles. The van der Waals surface area contributed by atoms with Crippen molar-refractivity contribution < 1.29 is 24.9 Å². The zero-order valence-electron chi connectivity index (χ0n) is 23.2. The first-order valence-electron chi connectivity index (χ1n) is 15.5. The molecule has 6 aliphatic carbocycles. The van der Waals surface area contributed by atoms with E-state index in [1.54, 1.807) is 0 Å². The van der Waals surface area contributed by atoms with E-state index in [4.69, 9.17) is 4.74 Å². The molecule has 0 aromatic rings. The molecule has 0 amide bonds. The molecular formula is C32H50O5. The largest absolute Gasteiger partial charge is 0.465 e. The van der Waals surface area contributed by atoms with Crippen molar-refractivity contribution in [2.24, 2.45) is 64.1 Å². The van der Waals surface area contributed by atoms with Gasteiger partial charge in [0, 0.05) is 6.42 Å². The lowest BCUT2D eigenvalue weighted by Gasteiger charge is -2.63. The summed E-state index contributed by atoms with van der Waals surface area (Å²) in [5.74, 6) is 3.69. The fraction of sp³-hybridized carbons (Fsp3) is 0.906. The summed E-state index contributed by atoms with van der Waals surface area (Å²) in [6.07, 6.45) is 13.7. The Hall–Kier alpha value is -0.910. The molecule has 0 aliphatic heterocycles. The van der Waals surface area contributed by atoms with Gasteiger partial charge in [0.1, 0.15) is 0 Å². The van der Waals surface area contributed by atoms with Crippen LogP contribution in [0.4, 0.5) is 0 Å². The highest BCUT2D eigenvalue weighted by atomic mass is 16.5. The number of carbonyl (C=O) groups is 1. The molecule has 0 heterocycles. The molecule has 0 saturated heterocycles. The summed E-state index contributed by atoms with van der Waals surface area (Å²) >= 11 is 0. The van der Waals surface area contributed by atoms with Crippen molar-refractivity contribution in [1.82, 2.24) is 0 Å². The second-order valence-electron chi connectivity index (χ2n) is 14.8. The number of allylic oxidation sites excluding steroid dienone is 2. The van der Waals surface area contributed by atoms with Crippen molar-refractivity contribution >= 4 is 5.97 Å². The van der Waals surface area contributed by atoms with Crippen LogP contribution in [0.2, 0.25) is 0 Å². The Bertz CT molecular complexity index is 902. The monoisotopic (exact) mass is 514 g/mol. The standard InChI is InChI=1S/C32H50O5/c1-18(4-9-29(36)37-17-21-13-19-5-6-20(21)12-19)24-7-8-25-30-26(16-28(35)32(24,25)3)31(2)11-10-23(33)14-22(31)15-27(30)34/h5-6,18-28,30,33-35H,4,7-17H2,1-3H3. The highest BCUT2D eigenvalue weighted by Gasteiger charge is 2.65. The van der Waals surface area contributed by atoms with Crippen LogP contribution < -0.4 is 0 Å². The molecule has 14 atom stereocenters. The molecular weight excluding hydrogens is 464 g/mol. The molecule has 6 rings (SSSR count). The van der Waals surface area contributed by atoms with Crippen LogP contribution in [0.1, 0.15) is 91.4 Å². The van der Waals surface area contributed by atoms with Crippen LogP contribution in [-0.2, 0) is 9.53 Å². The Kier molecular flexibility index (Phi) is 6.85. The van der Waals surface area contributed by atoms with E-state index in [-0.39, 0.29) is 41.0 Å². The van der Waals surface area contributed by atoms with Crippen molar-refractivity contribution in [3.05, 3.63) is 12.2 Å². The predicted octanol–water partition coefficient (Wildman–Crippen LogP) is 5.12. The summed E-state index contributed by atoms with van der Waals surface area (Å²) in [7, 11) is 0. The van der Waals surface area contributed by atoms with Crippen molar-refractivity contribution in [2.45, 2.75) is 110 Å². The summed E-state index contributed by atoms with van der Waals surface area (Å²) in [6, 6.07) is 0. The van der Waals surface area contributed by atoms with Gasteiger partial charge in [-0.25, -0.2) is 0 Å². The van der Waals surface area contributed by atoms with E-state index in [1.165, 1.54) is 12.8 Å². The summed E-state index contributed by atoms with van der Waals surface area (Å²) in [6.45, 7) is 7.51. The van der Waals surface area contributed by atoms with Gasteiger partial charge >= 0.3 is 5.97 Å². The molecule has 0 aromatic carbocycles. The smallest absolute Gasteiger partial charge is 0.305 e. The first kappa shape index (κ1) is 26.3. The molecule has 5 saturated carbocycles. The fourth-order valence-electron chi connectivity index (χ4n) is 11.0. The lowest BCUT2D eigenvalue weighted by molar-refractivity contribution is -0.207. The molecule has 0 spiro atoms. The molecule has 37 heavy (non-hydrogen) atoms. The number of hydrogen-bond acceptors (Lipinski definition) is 5. The molecule has 5 fully saturated rings. The third kappa shape index (κ3) is 4.25. The van der Waals surface area contributed by atoms with Gasteiger partial charge in [0.2, 0.25) is 0 Å². The summed E-state index contributed by atoms with van der Waals surface area (Å²) in [4.78, 5) is 12.6. The topological polar surface area (TPSA) is 87.0 Å². The second kappa shape index (κ2) is 9.63. The molecule has 0 radical (unpaired) electrons. The highest BCUT2D eigenvalue weighted by molar-refractivity contribution is 5.69. The number of carbonyl (C=O) groups excluding carboxylic acids is 1. The maximum Gasteiger partial charge on any atom is 0.305 e. The number of aliphatic hydroxyl groups excluding tert-OH is 3.